The van der Waals surface area contributed by atoms with Crippen LogP contribution in [0.3, 0.4) is 0 Å². The highest BCUT2D eigenvalue weighted by Gasteiger charge is 2.29. The number of hydrogen-bond donors (Lipinski definition) is 3. The van der Waals surface area contributed by atoms with Crippen molar-refractivity contribution in [1.82, 2.24) is 5.32 Å². The Balaban J connectivity index is 1.37. The van der Waals surface area contributed by atoms with Crippen molar-refractivity contribution in [3.8, 4) is 11.1 Å². The number of carboxylic acids is 1. The molecule has 4 rings (SSSR count). The van der Waals surface area contributed by atoms with E-state index in [1.54, 1.807) is 25.1 Å². The van der Waals surface area contributed by atoms with Gasteiger partial charge in [-0.25, -0.2) is 4.79 Å². The normalized spacial score (nSPS) is 12.9. The van der Waals surface area contributed by atoms with Gasteiger partial charge in [0, 0.05) is 21.6 Å². The minimum atomic E-state index is -0.940. The smallest absolute Gasteiger partial charge is 0.411 e. The molecule has 3 aromatic carbocycles. The highest BCUT2D eigenvalue weighted by atomic mass is 127. The lowest BCUT2D eigenvalue weighted by Gasteiger charge is -2.15. The number of anilines is 1. The van der Waals surface area contributed by atoms with E-state index < -0.39 is 18.0 Å². The summed E-state index contributed by atoms with van der Waals surface area (Å²) in [5, 5.41) is 14.5. The zero-order valence-electron chi connectivity index (χ0n) is 19.1. The number of hydrogen-bond acceptors (Lipinski definition) is 4. The molecular formula is C27H25IN2O5. The first-order valence-corrected chi connectivity index (χ1v) is 12.4. The third kappa shape index (κ3) is 5.48. The van der Waals surface area contributed by atoms with Gasteiger partial charge in [0.1, 0.15) is 6.61 Å². The Kier molecular flexibility index (Phi) is 7.70. The molecule has 8 heteroatoms. The summed E-state index contributed by atoms with van der Waals surface area (Å²) >= 11 is 2.04. The van der Waals surface area contributed by atoms with Crippen LogP contribution in [0.5, 0.6) is 0 Å². The van der Waals surface area contributed by atoms with Crippen LogP contribution in [0.1, 0.15) is 40.7 Å². The molecule has 0 radical (unpaired) electrons. The van der Waals surface area contributed by atoms with Gasteiger partial charge in [0.15, 0.2) is 0 Å². The average molecular weight is 584 g/mol. The van der Waals surface area contributed by atoms with Gasteiger partial charge in [-0.1, -0.05) is 55.5 Å². The summed E-state index contributed by atoms with van der Waals surface area (Å²) in [4.78, 5) is 36.1. The largest absolute Gasteiger partial charge is 0.481 e. The lowest BCUT2D eigenvalue weighted by atomic mass is 9.98. The third-order valence-electron chi connectivity index (χ3n) is 6.16. The molecule has 0 saturated heterocycles. The fourth-order valence-corrected chi connectivity index (χ4v) is 4.88. The topological polar surface area (TPSA) is 105 Å². The predicted molar refractivity (Wildman–Crippen MR) is 142 cm³/mol. The summed E-state index contributed by atoms with van der Waals surface area (Å²) in [6, 6.07) is 21.1. The van der Waals surface area contributed by atoms with E-state index in [2.05, 4.69) is 34.9 Å². The number of benzene rings is 3. The zero-order chi connectivity index (χ0) is 24.9. The van der Waals surface area contributed by atoms with Crippen LogP contribution in [0.15, 0.2) is 66.7 Å². The fraction of sp³-hybridized carbons (Fsp3) is 0.222. The van der Waals surface area contributed by atoms with Gasteiger partial charge in [0.2, 0.25) is 0 Å². The monoisotopic (exact) mass is 584 g/mol. The van der Waals surface area contributed by atoms with Crippen molar-refractivity contribution in [2.45, 2.75) is 19.3 Å². The molecular weight excluding hydrogens is 559 g/mol. The molecule has 2 amide bonds. The van der Waals surface area contributed by atoms with Crippen molar-refractivity contribution in [2.24, 2.45) is 5.92 Å². The molecule has 1 aliphatic carbocycles. The zero-order valence-corrected chi connectivity index (χ0v) is 21.2. The molecule has 0 spiro atoms. The first-order chi connectivity index (χ1) is 16.9. The molecule has 7 nitrogen and oxygen atoms in total. The van der Waals surface area contributed by atoms with Crippen LogP contribution in [0.4, 0.5) is 10.5 Å². The first-order valence-electron chi connectivity index (χ1n) is 11.3. The van der Waals surface area contributed by atoms with Gasteiger partial charge in [-0.2, -0.15) is 0 Å². The van der Waals surface area contributed by atoms with Crippen molar-refractivity contribution >= 4 is 46.2 Å². The molecule has 0 fully saturated rings. The Morgan fingerprint density at radius 1 is 1.00 bits per heavy atom. The molecule has 1 aliphatic rings. The Bertz CT molecular complexity index is 1230. The van der Waals surface area contributed by atoms with Crippen molar-refractivity contribution in [3.05, 3.63) is 87.0 Å². The average Bonchev–Trinajstić information content (AvgIpc) is 3.17. The lowest BCUT2D eigenvalue weighted by molar-refractivity contribution is -0.141. The van der Waals surface area contributed by atoms with Crippen molar-refractivity contribution in [3.63, 3.8) is 0 Å². The molecule has 35 heavy (non-hydrogen) atoms. The van der Waals surface area contributed by atoms with Crippen molar-refractivity contribution in [2.75, 3.05) is 18.5 Å². The van der Waals surface area contributed by atoms with Crippen LogP contribution in [-0.2, 0) is 9.53 Å². The maximum atomic E-state index is 12.6. The van der Waals surface area contributed by atoms with E-state index in [0.717, 1.165) is 22.3 Å². The molecule has 180 valence electrons. The van der Waals surface area contributed by atoms with Crippen molar-refractivity contribution in [1.29, 1.82) is 0 Å². The summed E-state index contributed by atoms with van der Waals surface area (Å²) in [6.07, 6.45) is -0.148. The summed E-state index contributed by atoms with van der Waals surface area (Å²) in [5.41, 5.74) is 5.51. The highest BCUT2D eigenvalue weighted by Crippen LogP contribution is 2.44. The molecule has 1 atom stereocenters. The van der Waals surface area contributed by atoms with E-state index in [0.29, 0.717) is 21.2 Å². The summed E-state index contributed by atoms with van der Waals surface area (Å²) in [7, 11) is 0. The van der Waals surface area contributed by atoms with Gasteiger partial charge >= 0.3 is 12.1 Å². The van der Waals surface area contributed by atoms with E-state index in [4.69, 9.17) is 9.84 Å². The lowest BCUT2D eigenvalue weighted by Crippen LogP contribution is -2.32. The van der Waals surface area contributed by atoms with Crippen LogP contribution >= 0.6 is 22.6 Å². The number of nitrogens with one attached hydrogen (secondary N) is 2. The van der Waals surface area contributed by atoms with Gasteiger partial charge in [0.05, 0.1) is 11.6 Å². The van der Waals surface area contributed by atoms with E-state index in [1.165, 1.54) is 0 Å². The van der Waals surface area contributed by atoms with Crippen molar-refractivity contribution < 1.29 is 24.2 Å². The second-order valence-corrected chi connectivity index (χ2v) is 9.46. The number of carbonyl (C=O) groups is 3. The van der Waals surface area contributed by atoms with Gasteiger partial charge in [-0.3, -0.25) is 14.9 Å². The number of carbonyl (C=O) groups excluding carboxylic acids is 2. The molecule has 0 aliphatic heterocycles. The number of fused-ring (bicyclic) bond motifs is 3. The maximum Gasteiger partial charge on any atom is 0.411 e. The first kappa shape index (κ1) is 24.7. The highest BCUT2D eigenvalue weighted by molar-refractivity contribution is 14.1. The number of amides is 2. The number of aliphatic carboxylic acids is 1. The minimum Gasteiger partial charge on any atom is -0.481 e. The number of ether oxygens (including phenoxy) is 1. The Morgan fingerprint density at radius 3 is 2.20 bits per heavy atom. The van der Waals surface area contributed by atoms with Crippen LogP contribution in [-0.4, -0.2) is 36.2 Å². The molecule has 0 saturated carbocycles. The predicted octanol–water partition coefficient (Wildman–Crippen LogP) is 5.49. The van der Waals surface area contributed by atoms with E-state index in [-0.39, 0.29) is 25.0 Å². The van der Waals surface area contributed by atoms with Gasteiger partial charge in [-0.05, 0) is 69.5 Å². The maximum absolute atomic E-state index is 12.6. The summed E-state index contributed by atoms with van der Waals surface area (Å²) < 4.78 is 6.25. The Labute approximate surface area is 217 Å². The second kappa shape index (κ2) is 10.9. The number of carboxylic acid groups (broad SMARTS) is 1. The number of rotatable bonds is 8. The molecule has 0 heterocycles. The standard InChI is InChI=1S/C27H25IN2O5/c1-2-16(26(32)33)14-29-25(31)17-11-12-24(23(28)13-17)30-27(34)35-15-22-20-9-5-3-7-18(20)19-8-4-6-10-21(19)22/h3-13,16,22H,2,14-15H2,1H3,(H,29,31)(H,30,34)(H,32,33). The molecule has 3 aromatic rings. The van der Waals surface area contributed by atoms with E-state index in [1.807, 2.05) is 46.9 Å². The van der Waals surface area contributed by atoms with E-state index >= 15 is 0 Å². The molecule has 0 aromatic heterocycles. The van der Waals surface area contributed by atoms with Gasteiger partial charge in [-0.15, -0.1) is 0 Å². The van der Waals surface area contributed by atoms with Crippen LogP contribution in [0, 0.1) is 9.49 Å². The summed E-state index contributed by atoms with van der Waals surface area (Å²) in [5.74, 6) is -1.97. The molecule has 0 bridgehead atoms. The quantitative estimate of drug-likeness (QED) is 0.304. The molecule has 1 unspecified atom stereocenters. The SMILES string of the molecule is CCC(CNC(=O)c1ccc(NC(=O)OCC2c3ccccc3-c3ccccc32)c(I)c1)C(=O)O. The Morgan fingerprint density at radius 2 is 1.63 bits per heavy atom. The molecule has 3 N–H and O–H groups in total. The number of halogens is 1. The van der Waals surface area contributed by atoms with Gasteiger partial charge < -0.3 is 15.2 Å². The summed E-state index contributed by atoms with van der Waals surface area (Å²) in [6.45, 7) is 2.03. The fourth-order valence-electron chi connectivity index (χ4n) is 4.23. The minimum absolute atomic E-state index is 0.0314. The van der Waals surface area contributed by atoms with Crippen LogP contribution in [0.2, 0.25) is 0 Å². The van der Waals surface area contributed by atoms with Crippen LogP contribution < -0.4 is 10.6 Å². The Hall–Kier alpha value is -3.40. The van der Waals surface area contributed by atoms with E-state index in [9.17, 15) is 14.4 Å². The van der Waals surface area contributed by atoms with Gasteiger partial charge in [0.25, 0.3) is 5.91 Å². The second-order valence-electron chi connectivity index (χ2n) is 8.30. The van der Waals surface area contributed by atoms with Crippen LogP contribution in [0.25, 0.3) is 11.1 Å². The third-order valence-corrected chi connectivity index (χ3v) is 7.06.